The van der Waals surface area contributed by atoms with Crippen LogP contribution in [0.3, 0.4) is 0 Å². The van der Waals surface area contributed by atoms with Crippen LogP contribution in [0.4, 0.5) is 0 Å². The summed E-state index contributed by atoms with van der Waals surface area (Å²) in [4.78, 5) is 11.9. The number of thiocarbonyl (C=S) groups is 1. The van der Waals surface area contributed by atoms with Gasteiger partial charge in [0, 0.05) is 16.2 Å². The molecule has 0 saturated heterocycles. The Kier molecular flexibility index (Phi) is 4.51. The molecule has 1 aromatic heterocycles. The van der Waals surface area contributed by atoms with Crippen LogP contribution in [0.15, 0.2) is 35.1 Å². The molecule has 1 aromatic carbocycles. The maximum atomic E-state index is 11.6. The number of halogens is 1. The van der Waals surface area contributed by atoms with E-state index in [0.29, 0.717) is 17.2 Å². The van der Waals surface area contributed by atoms with Gasteiger partial charge in [-0.3, -0.25) is 0 Å². The number of carbonyl (C=O) groups is 1. The van der Waals surface area contributed by atoms with Crippen molar-refractivity contribution in [2.75, 3.05) is 6.61 Å². The van der Waals surface area contributed by atoms with Crippen molar-refractivity contribution >= 4 is 39.1 Å². The van der Waals surface area contributed by atoms with E-state index in [1.165, 1.54) is 6.20 Å². The fourth-order valence-corrected chi connectivity index (χ4v) is 2.31. The normalized spacial score (nSPS) is 10.3. The summed E-state index contributed by atoms with van der Waals surface area (Å²) >= 11 is 8.36. The molecule has 0 aliphatic rings. The highest BCUT2D eigenvalue weighted by Gasteiger charge is 2.12. The quantitative estimate of drug-likeness (QED) is 0.675. The Labute approximate surface area is 129 Å². The van der Waals surface area contributed by atoms with Crippen LogP contribution in [-0.4, -0.2) is 27.3 Å². The summed E-state index contributed by atoms with van der Waals surface area (Å²) in [7, 11) is 0. The number of hydrogen-bond donors (Lipinski definition) is 1. The van der Waals surface area contributed by atoms with Gasteiger partial charge >= 0.3 is 5.97 Å². The number of nitrogens with two attached hydrogens (primary N) is 1. The van der Waals surface area contributed by atoms with Crippen molar-refractivity contribution in [1.29, 1.82) is 0 Å². The molecule has 104 valence electrons. The summed E-state index contributed by atoms with van der Waals surface area (Å²) in [5, 5.41) is 4.15. The Balaban J connectivity index is 2.33. The van der Waals surface area contributed by atoms with Gasteiger partial charge in [-0.25, -0.2) is 9.48 Å². The van der Waals surface area contributed by atoms with E-state index in [1.807, 2.05) is 12.1 Å². The third-order valence-corrected chi connectivity index (χ3v) is 3.44. The lowest BCUT2D eigenvalue weighted by molar-refractivity contribution is 0.0526. The summed E-state index contributed by atoms with van der Waals surface area (Å²) in [5.74, 6) is -0.394. The lowest BCUT2D eigenvalue weighted by Gasteiger charge is -2.06. The highest BCUT2D eigenvalue weighted by atomic mass is 79.9. The number of aromatic nitrogens is 2. The Morgan fingerprint density at radius 1 is 1.50 bits per heavy atom. The molecule has 2 rings (SSSR count). The van der Waals surface area contributed by atoms with Crippen molar-refractivity contribution in [2.24, 2.45) is 5.73 Å². The van der Waals surface area contributed by atoms with Gasteiger partial charge in [0.05, 0.1) is 24.1 Å². The highest BCUT2D eigenvalue weighted by molar-refractivity contribution is 9.10. The van der Waals surface area contributed by atoms with Crippen LogP contribution in [-0.2, 0) is 4.74 Å². The molecule has 0 aliphatic carbocycles. The van der Waals surface area contributed by atoms with Gasteiger partial charge in [-0.2, -0.15) is 5.10 Å². The van der Waals surface area contributed by atoms with E-state index in [9.17, 15) is 4.79 Å². The lowest BCUT2D eigenvalue weighted by Crippen LogP contribution is -2.09. The van der Waals surface area contributed by atoms with Gasteiger partial charge in [0.1, 0.15) is 4.99 Å². The van der Waals surface area contributed by atoms with Crippen molar-refractivity contribution in [3.05, 3.63) is 46.2 Å². The van der Waals surface area contributed by atoms with E-state index < -0.39 is 5.97 Å². The molecule has 5 nitrogen and oxygen atoms in total. The molecular weight excluding hydrogens is 342 g/mol. The van der Waals surface area contributed by atoms with Gasteiger partial charge in [-0.1, -0.05) is 12.2 Å². The zero-order valence-electron chi connectivity index (χ0n) is 10.7. The van der Waals surface area contributed by atoms with Gasteiger partial charge in [0.25, 0.3) is 0 Å². The Morgan fingerprint density at radius 3 is 2.85 bits per heavy atom. The fourth-order valence-electron chi connectivity index (χ4n) is 1.62. The molecule has 0 spiro atoms. The molecule has 0 unspecified atom stereocenters. The van der Waals surface area contributed by atoms with Crippen LogP contribution in [0.2, 0.25) is 0 Å². The van der Waals surface area contributed by atoms with Gasteiger partial charge in [-0.15, -0.1) is 0 Å². The molecule has 1 heterocycles. The van der Waals surface area contributed by atoms with Crippen LogP contribution in [0, 0.1) is 0 Å². The maximum Gasteiger partial charge on any atom is 0.341 e. The number of esters is 1. The average Bonchev–Trinajstić information content (AvgIpc) is 2.88. The summed E-state index contributed by atoms with van der Waals surface area (Å²) in [5.41, 5.74) is 7.51. The van der Waals surface area contributed by atoms with Crippen LogP contribution < -0.4 is 5.73 Å². The third-order valence-electron chi connectivity index (χ3n) is 2.57. The zero-order valence-corrected chi connectivity index (χ0v) is 13.1. The topological polar surface area (TPSA) is 70.1 Å². The molecule has 2 N–H and O–H groups in total. The van der Waals surface area contributed by atoms with E-state index in [1.54, 1.807) is 23.9 Å². The number of rotatable bonds is 4. The van der Waals surface area contributed by atoms with Crippen LogP contribution in [0.25, 0.3) is 5.69 Å². The Morgan fingerprint density at radius 2 is 2.25 bits per heavy atom. The maximum absolute atomic E-state index is 11.6. The van der Waals surface area contributed by atoms with E-state index in [0.717, 1.165) is 15.7 Å². The minimum Gasteiger partial charge on any atom is -0.462 e. The molecule has 0 bridgehead atoms. The minimum atomic E-state index is -0.394. The van der Waals surface area contributed by atoms with Crippen molar-refractivity contribution < 1.29 is 9.53 Å². The molecule has 0 amide bonds. The number of hydrogen-bond acceptors (Lipinski definition) is 4. The van der Waals surface area contributed by atoms with Crippen molar-refractivity contribution in [2.45, 2.75) is 6.92 Å². The van der Waals surface area contributed by atoms with Crippen LogP contribution >= 0.6 is 28.1 Å². The molecular formula is C13H12BrN3O2S. The third kappa shape index (κ3) is 3.05. The van der Waals surface area contributed by atoms with E-state index >= 15 is 0 Å². The first kappa shape index (κ1) is 14.7. The number of ether oxygens (including phenoxy) is 1. The smallest absolute Gasteiger partial charge is 0.341 e. The number of nitrogens with zero attached hydrogens (tertiary/aromatic N) is 2. The first-order valence-electron chi connectivity index (χ1n) is 5.84. The van der Waals surface area contributed by atoms with Crippen LogP contribution in [0.1, 0.15) is 22.8 Å². The lowest BCUT2D eigenvalue weighted by atomic mass is 10.2. The Bertz CT molecular complexity index is 669. The summed E-state index contributed by atoms with van der Waals surface area (Å²) in [6.07, 6.45) is 3.07. The second-order valence-corrected chi connectivity index (χ2v) is 5.22. The zero-order chi connectivity index (χ0) is 14.7. The second-order valence-electron chi connectivity index (χ2n) is 3.92. The monoisotopic (exact) mass is 353 g/mol. The van der Waals surface area contributed by atoms with Gasteiger partial charge in [-0.05, 0) is 41.1 Å². The summed E-state index contributed by atoms with van der Waals surface area (Å²) in [6.45, 7) is 2.09. The van der Waals surface area contributed by atoms with E-state index in [4.69, 9.17) is 22.7 Å². The van der Waals surface area contributed by atoms with Gasteiger partial charge in [0.15, 0.2) is 0 Å². The minimum absolute atomic E-state index is 0.324. The molecule has 2 aromatic rings. The van der Waals surface area contributed by atoms with E-state index in [2.05, 4.69) is 21.0 Å². The average molecular weight is 354 g/mol. The van der Waals surface area contributed by atoms with Gasteiger partial charge in [0.2, 0.25) is 0 Å². The van der Waals surface area contributed by atoms with Gasteiger partial charge < -0.3 is 10.5 Å². The molecule has 20 heavy (non-hydrogen) atoms. The van der Waals surface area contributed by atoms with Crippen molar-refractivity contribution in [1.82, 2.24) is 9.78 Å². The molecule has 0 atom stereocenters. The largest absolute Gasteiger partial charge is 0.462 e. The Hall–Kier alpha value is -1.73. The molecule has 0 aliphatic heterocycles. The molecule has 7 heteroatoms. The predicted molar refractivity (Wildman–Crippen MR) is 83.1 cm³/mol. The van der Waals surface area contributed by atoms with Crippen molar-refractivity contribution in [3.8, 4) is 5.69 Å². The molecule has 0 radical (unpaired) electrons. The SMILES string of the molecule is CCOC(=O)c1cnn(-c2ccc(C(N)=S)cc2Br)c1. The second kappa shape index (κ2) is 6.15. The number of benzene rings is 1. The fraction of sp³-hybridized carbons (Fsp3) is 0.154. The summed E-state index contributed by atoms with van der Waals surface area (Å²) in [6, 6.07) is 5.43. The molecule has 0 fully saturated rings. The first-order valence-corrected chi connectivity index (χ1v) is 7.04. The standard InChI is InChI=1S/C13H12BrN3O2S/c1-2-19-13(18)9-6-16-17(7-9)11-4-3-8(12(15)20)5-10(11)14/h3-7H,2H2,1H3,(H2,15,20). The summed E-state index contributed by atoms with van der Waals surface area (Å²) < 4.78 is 7.28. The molecule has 0 saturated carbocycles. The first-order chi connectivity index (χ1) is 9.52. The van der Waals surface area contributed by atoms with Crippen LogP contribution in [0.5, 0.6) is 0 Å². The van der Waals surface area contributed by atoms with Crippen molar-refractivity contribution in [3.63, 3.8) is 0 Å². The van der Waals surface area contributed by atoms with E-state index in [-0.39, 0.29) is 0 Å². The highest BCUT2D eigenvalue weighted by Crippen LogP contribution is 2.22. The number of carbonyl (C=O) groups excluding carboxylic acids is 1. The predicted octanol–water partition coefficient (Wildman–Crippen LogP) is 2.45.